The molecule has 4 atom stereocenters. The van der Waals surface area contributed by atoms with Crippen molar-refractivity contribution in [2.45, 2.75) is 76.0 Å². The fourth-order valence-corrected chi connectivity index (χ4v) is 7.09. The number of likely N-dealkylation sites (N-methyl/N-ethyl adjacent to an activating group) is 1. The summed E-state index contributed by atoms with van der Waals surface area (Å²) in [4.78, 5) is 49.6. The first-order valence-electron chi connectivity index (χ1n) is 14.0. The summed E-state index contributed by atoms with van der Waals surface area (Å²) in [6.45, 7) is 4.18. The van der Waals surface area contributed by atoms with Crippen molar-refractivity contribution < 1.29 is 14.4 Å². The molecule has 2 N–H and O–H groups in total. The van der Waals surface area contributed by atoms with E-state index in [9.17, 15) is 14.4 Å². The van der Waals surface area contributed by atoms with E-state index in [-0.39, 0.29) is 60.4 Å². The number of amides is 2. The Kier molecular flexibility index (Phi) is 12.0. The van der Waals surface area contributed by atoms with E-state index in [0.717, 1.165) is 50.1 Å². The van der Waals surface area contributed by atoms with Crippen molar-refractivity contribution in [3.8, 4) is 0 Å². The van der Waals surface area contributed by atoms with E-state index < -0.39 is 6.04 Å². The summed E-state index contributed by atoms with van der Waals surface area (Å²) < 4.78 is 0. The topological polar surface area (TPSA) is 94.6 Å². The molecular formula is C29H41Cl2N5O3S. The standard InChI is InChI=1S/C29H39N5O3S.2ClH/c1-19(30-2)27(36)32-25(20-10-5-3-6-11-20)29(37)34-16-22-14-9-15-33(22)17-24(34)28-31-23(18-38-28)26(35)21-12-7-4-8-13-21;;/h4,7-8,12-13,18-20,22,24-25,30H,3,5-6,9-11,14-17H2,1-2H3,(H,32,36);2*1H/t19-,22+,24-,25-;;/m0../s1. The highest BCUT2D eigenvalue weighted by molar-refractivity contribution is 7.10. The lowest BCUT2D eigenvalue weighted by atomic mass is 9.82. The number of carbonyl (C=O) groups is 3. The van der Waals surface area contributed by atoms with E-state index in [1.165, 1.54) is 17.8 Å². The molecule has 0 bridgehead atoms. The molecule has 2 saturated heterocycles. The van der Waals surface area contributed by atoms with Crippen LogP contribution in [0.25, 0.3) is 0 Å². The second-order valence-corrected chi connectivity index (χ2v) is 11.8. The van der Waals surface area contributed by atoms with Crippen molar-refractivity contribution >= 4 is 53.7 Å². The van der Waals surface area contributed by atoms with Gasteiger partial charge in [-0.1, -0.05) is 49.6 Å². The van der Waals surface area contributed by atoms with Gasteiger partial charge in [0, 0.05) is 30.1 Å². The van der Waals surface area contributed by atoms with Gasteiger partial charge in [0.15, 0.2) is 0 Å². The average molecular weight is 611 g/mol. The second kappa shape index (κ2) is 14.7. The highest BCUT2D eigenvalue weighted by Crippen LogP contribution is 2.36. The third-order valence-electron chi connectivity index (χ3n) is 8.56. The predicted molar refractivity (Wildman–Crippen MR) is 163 cm³/mol. The van der Waals surface area contributed by atoms with Crippen molar-refractivity contribution in [2.75, 3.05) is 26.7 Å². The summed E-state index contributed by atoms with van der Waals surface area (Å²) in [6, 6.07) is 8.38. The van der Waals surface area contributed by atoms with Crippen LogP contribution in [0.5, 0.6) is 0 Å². The molecule has 3 heterocycles. The fourth-order valence-electron chi connectivity index (χ4n) is 6.19. The Bertz CT molecular complexity index is 1140. The van der Waals surface area contributed by atoms with Crippen LogP contribution in [-0.4, -0.2) is 77.2 Å². The number of ketones is 1. The number of thiazole rings is 1. The Labute approximate surface area is 253 Å². The number of piperazine rings is 1. The maximum atomic E-state index is 14.4. The van der Waals surface area contributed by atoms with Gasteiger partial charge in [-0.2, -0.15) is 0 Å². The van der Waals surface area contributed by atoms with Crippen LogP contribution >= 0.6 is 36.2 Å². The Morgan fingerprint density at radius 2 is 1.73 bits per heavy atom. The minimum absolute atomic E-state index is 0. The zero-order valence-corrected chi connectivity index (χ0v) is 25.7. The van der Waals surface area contributed by atoms with Crippen LogP contribution in [0.4, 0.5) is 0 Å². The average Bonchev–Trinajstić information content (AvgIpc) is 3.64. The lowest BCUT2D eigenvalue weighted by Gasteiger charge is -2.45. The van der Waals surface area contributed by atoms with Gasteiger partial charge >= 0.3 is 0 Å². The first-order chi connectivity index (χ1) is 18.5. The molecule has 11 heteroatoms. The number of halogens is 2. The van der Waals surface area contributed by atoms with Crippen LogP contribution in [-0.2, 0) is 9.59 Å². The summed E-state index contributed by atoms with van der Waals surface area (Å²) in [7, 11) is 1.76. The molecule has 0 spiro atoms. The number of fused-ring (bicyclic) bond motifs is 1. The largest absolute Gasteiger partial charge is 0.343 e. The fraction of sp³-hybridized carbons (Fsp3) is 0.586. The van der Waals surface area contributed by atoms with Crippen molar-refractivity contribution in [1.29, 1.82) is 0 Å². The molecule has 5 rings (SSSR count). The predicted octanol–water partition coefficient (Wildman–Crippen LogP) is 4.24. The summed E-state index contributed by atoms with van der Waals surface area (Å²) >= 11 is 1.45. The molecule has 220 valence electrons. The highest BCUT2D eigenvalue weighted by Gasteiger charge is 2.44. The van der Waals surface area contributed by atoms with E-state index in [2.05, 4.69) is 15.5 Å². The first kappa shape index (κ1) is 32.5. The molecule has 3 aliphatic rings. The highest BCUT2D eigenvalue weighted by atomic mass is 35.5. The van der Waals surface area contributed by atoms with Crippen LogP contribution in [0, 0.1) is 5.92 Å². The van der Waals surface area contributed by atoms with Crippen molar-refractivity contribution in [3.63, 3.8) is 0 Å². The van der Waals surface area contributed by atoms with E-state index >= 15 is 0 Å². The van der Waals surface area contributed by atoms with Gasteiger partial charge in [0.25, 0.3) is 0 Å². The van der Waals surface area contributed by atoms with E-state index in [1.54, 1.807) is 19.2 Å². The SMILES string of the molecule is CN[C@@H](C)C(=O)N[C@H](C(=O)N1C[C@H]2CCCN2C[C@H]1c1nc(C(=O)c2ccccc2)cs1)C1CCCCC1.Cl.Cl. The summed E-state index contributed by atoms with van der Waals surface area (Å²) in [6.07, 6.45) is 7.45. The maximum absolute atomic E-state index is 14.4. The third kappa shape index (κ3) is 7.05. The molecule has 8 nitrogen and oxygen atoms in total. The third-order valence-corrected chi connectivity index (χ3v) is 9.51. The number of hydrogen-bond acceptors (Lipinski definition) is 7. The molecule has 0 radical (unpaired) electrons. The number of hydrogen-bond donors (Lipinski definition) is 2. The lowest BCUT2D eigenvalue weighted by molar-refractivity contribution is -0.144. The summed E-state index contributed by atoms with van der Waals surface area (Å²) in [5.41, 5.74) is 1.03. The molecular weight excluding hydrogens is 569 g/mol. The molecule has 1 saturated carbocycles. The Morgan fingerprint density at radius 3 is 2.42 bits per heavy atom. The molecule has 2 aromatic rings. The van der Waals surface area contributed by atoms with E-state index in [0.29, 0.717) is 30.4 Å². The van der Waals surface area contributed by atoms with E-state index in [4.69, 9.17) is 4.98 Å². The van der Waals surface area contributed by atoms with Gasteiger partial charge in [-0.05, 0) is 52.1 Å². The van der Waals surface area contributed by atoms with Crippen LogP contribution in [0.2, 0.25) is 0 Å². The van der Waals surface area contributed by atoms with Crippen molar-refractivity contribution in [2.24, 2.45) is 5.92 Å². The molecule has 1 aromatic carbocycles. The zero-order chi connectivity index (χ0) is 26.6. The van der Waals surface area contributed by atoms with Crippen LogP contribution in [0.3, 0.4) is 0 Å². The molecule has 0 unspecified atom stereocenters. The van der Waals surface area contributed by atoms with Crippen LogP contribution in [0.15, 0.2) is 35.7 Å². The minimum atomic E-state index is -0.542. The smallest absolute Gasteiger partial charge is 0.246 e. The summed E-state index contributed by atoms with van der Waals surface area (Å²) in [5, 5.41) is 8.74. The Balaban J connectivity index is 0.00000220. The number of nitrogens with zero attached hydrogens (tertiary/aromatic N) is 3. The maximum Gasteiger partial charge on any atom is 0.246 e. The lowest BCUT2D eigenvalue weighted by Crippen LogP contribution is -2.60. The molecule has 1 aliphatic carbocycles. The monoisotopic (exact) mass is 609 g/mol. The molecule has 40 heavy (non-hydrogen) atoms. The number of benzene rings is 1. The van der Waals surface area contributed by atoms with Gasteiger partial charge in [0.2, 0.25) is 17.6 Å². The van der Waals surface area contributed by atoms with Gasteiger partial charge in [0.1, 0.15) is 16.7 Å². The van der Waals surface area contributed by atoms with Gasteiger partial charge in [-0.15, -0.1) is 36.2 Å². The molecule has 3 fully saturated rings. The van der Waals surface area contributed by atoms with Gasteiger partial charge in [-0.25, -0.2) is 4.98 Å². The normalized spacial score (nSPS) is 22.8. The molecule has 2 amide bonds. The molecule has 1 aromatic heterocycles. The first-order valence-corrected chi connectivity index (χ1v) is 14.9. The van der Waals surface area contributed by atoms with Crippen molar-refractivity contribution in [3.05, 3.63) is 52.0 Å². The molecule has 2 aliphatic heterocycles. The number of rotatable bonds is 8. The van der Waals surface area contributed by atoms with Gasteiger partial charge in [-0.3, -0.25) is 19.3 Å². The second-order valence-electron chi connectivity index (χ2n) is 11.0. The van der Waals surface area contributed by atoms with Crippen LogP contribution < -0.4 is 10.6 Å². The van der Waals surface area contributed by atoms with E-state index in [1.807, 2.05) is 35.4 Å². The zero-order valence-electron chi connectivity index (χ0n) is 23.2. The van der Waals surface area contributed by atoms with Crippen molar-refractivity contribution in [1.82, 2.24) is 25.4 Å². The van der Waals surface area contributed by atoms with Gasteiger partial charge in [0.05, 0.1) is 12.1 Å². The quantitative estimate of drug-likeness (QED) is 0.435. The van der Waals surface area contributed by atoms with Crippen LogP contribution in [0.1, 0.15) is 79.0 Å². The number of aromatic nitrogens is 1. The summed E-state index contributed by atoms with van der Waals surface area (Å²) in [5.74, 6) is -0.110. The Hall–Kier alpha value is -2.04. The number of carbonyl (C=O) groups excluding carboxylic acids is 3. The Morgan fingerprint density at radius 1 is 1.00 bits per heavy atom. The number of nitrogens with one attached hydrogen (secondary N) is 2. The van der Waals surface area contributed by atoms with Gasteiger partial charge < -0.3 is 15.5 Å². The minimum Gasteiger partial charge on any atom is -0.343 e.